The minimum Gasteiger partial charge on any atom is -0.394 e. The van der Waals surface area contributed by atoms with Gasteiger partial charge in [-0.2, -0.15) is 0 Å². The molecule has 0 aliphatic carbocycles. The van der Waals surface area contributed by atoms with Crippen molar-refractivity contribution in [2.45, 2.75) is 49.3 Å². The van der Waals surface area contributed by atoms with Crippen LogP contribution in [0.4, 0.5) is 0 Å². The van der Waals surface area contributed by atoms with E-state index in [2.05, 4.69) is 5.32 Å². The Balaban J connectivity index is 2.91. The van der Waals surface area contributed by atoms with Crippen molar-refractivity contribution in [3.05, 3.63) is 0 Å². The molecule has 4 N–H and O–H groups in total. The number of rotatable bonds is 3. The molecule has 1 aliphatic rings. The fraction of sp³-hybridized carbons (Fsp3) is 0.900. The summed E-state index contributed by atoms with van der Waals surface area (Å²) in [4.78, 5) is 11.6. The fourth-order valence-corrected chi connectivity index (χ4v) is 4.94. The Kier molecular flexibility index (Phi) is 3.33. The van der Waals surface area contributed by atoms with Gasteiger partial charge in [-0.25, -0.2) is 8.42 Å². The lowest BCUT2D eigenvalue weighted by atomic mass is 9.89. The van der Waals surface area contributed by atoms with Gasteiger partial charge < -0.3 is 16.2 Å². The summed E-state index contributed by atoms with van der Waals surface area (Å²) in [7, 11) is -3.28. The number of carbonyl (C=O) groups excluding carboxylic acids is 1. The number of aliphatic hydroxyl groups excluding tert-OH is 1. The monoisotopic (exact) mass is 264 g/mol. The molecule has 0 bridgehead atoms. The summed E-state index contributed by atoms with van der Waals surface area (Å²) in [6.45, 7) is 5.82. The summed E-state index contributed by atoms with van der Waals surface area (Å²) < 4.78 is 22.0. The zero-order valence-corrected chi connectivity index (χ0v) is 11.3. The third-order valence-electron chi connectivity index (χ3n) is 3.60. The number of sulfone groups is 1. The average Bonchev–Trinajstić information content (AvgIpc) is 2.22. The number of nitrogens with one attached hydrogen (secondary N) is 1. The van der Waals surface area contributed by atoms with Crippen molar-refractivity contribution in [2.24, 2.45) is 5.73 Å². The van der Waals surface area contributed by atoms with Crippen LogP contribution in [0.3, 0.4) is 0 Å². The molecular formula is C10H20N2O4S. The largest absolute Gasteiger partial charge is 0.394 e. The van der Waals surface area contributed by atoms with Crippen LogP contribution < -0.4 is 11.1 Å². The number of hydrogen-bond acceptors (Lipinski definition) is 5. The lowest BCUT2D eigenvalue weighted by Crippen LogP contribution is -2.78. The maximum Gasteiger partial charge on any atom is 0.239 e. The van der Waals surface area contributed by atoms with Crippen LogP contribution >= 0.6 is 0 Å². The molecule has 7 heteroatoms. The molecule has 1 atom stereocenters. The first-order valence-corrected chi connectivity index (χ1v) is 6.89. The highest BCUT2D eigenvalue weighted by molar-refractivity contribution is 7.95. The van der Waals surface area contributed by atoms with Gasteiger partial charge in [-0.05, 0) is 27.7 Å². The molecule has 6 nitrogen and oxygen atoms in total. The SMILES string of the molecule is CC1(C)C(NC(=O)[C@H](N)CO)C(C)(C)S1(=O)=O. The molecule has 1 amide bonds. The standard InChI is InChI=1S/C10H20N2O4S/c1-9(2)8(10(3,4)17(9,15)16)12-7(14)6(11)5-13/h6,8,13H,5,11H2,1-4H3,(H,12,14)/t6-/m1/s1. The molecule has 0 aromatic heterocycles. The zero-order valence-electron chi connectivity index (χ0n) is 10.5. The predicted octanol–water partition coefficient (Wildman–Crippen LogP) is -1.22. The third-order valence-corrected chi connectivity index (χ3v) is 6.84. The van der Waals surface area contributed by atoms with Crippen LogP contribution in [0, 0.1) is 0 Å². The van der Waals surface area contributed by atoms with Gasteiger partial charge >= 0.3 is 0 Å². The van der Waals surface area contributed by atoms with Gasteiger partial charge in [0, 0.05) is 0 Å². The summed E-state index contributed by atoms with van der Waals surface area (Å²) in [5.74, 6) is -0.534. The molecule has 1 aliphatic heterocycles. The van der Waals surface area contributed by atoms with Crippen molar-refractivity contribution >= 4 is 15.7 Å². The number of amides is 1. The van der Waals surface area contributed by atoms with E-state index in [0.717, 1.165) is 0 Å². The third kappa shape index (κ3) is 1.76. The minimum atomic E-state index is -3.28. The Morgan fingerprint density at radius 1 is 1.35 bits per heavy atom. The summed E-state index contributed by atoms with van der Waals surface area (Å²) in [5, 5.41) is 11.4. The van der Waals surface area contributed by atoms with Crippen molar-refractivity contribution in [2.75, 3.05) is 6.61 Å². The molecule has 100 valence electrons. The Labute approximate surface area is 101 Å². The van der Waals surface area contributed by atoms with E-state index in [1.807, 2.05) is 0 Å². The second kappa shape index (κ2) is 3.93. The maximum atomic E-state index is 12.0. The first-order valence-electron chi connectivity index (χ1n) is 5.41. The molecular weight excluding hydrogens is 244 g/mol. The Morgan fingerprint density at radius 2 is 1.76 bits per heavy atom. The summed E-state index contributed by atoms with van der Waals surface area (Å²) in [6, 6.07) is -1.53. The summed E-state index contributed by atoms with van der Waals surface area (Å²) in [6.07, 6.45) is 0. The molecule has 0 unspecified atom stereocenters. The normalized spacial score (nSPS) is 26.9. The van der Waals surface area contributed by atoms with Crippen LogP contribution in [0.25, 0.3) is 0 Å². The van der Waals surface area contributed by atoms with Crippen molar-refractivity contribution in [1.29, 1.82) is 0 Å². The minimum absolute atomic E-state index is 0.466. The van der Waals surface area contributed by atoms with E-state index in [4.69, 9.17) is 10.8 Å². The van der Waals surface area contributed by atoms with E-state index >= 15 is 0 Å². The van der Waals surface area contributed by atoms with E-state index in [0.29, 0.717) is 0 Å². The highest BCUT2D eigenvalue weighted by Gasteiger charge is 2.67. The van der Waals surface area contributed by atoms with Crippen LogP contribution in [0.15, 0.2) is 0 Å². The van der Waals surface area contributed by atoms with E-state index < -0.39 is 43.9 Å². The Hall–Kier alpha value is -0.660. The Bertz CT molecular complexity index is 406. The quantitative estimate of drug-likeness (QED) is 0.591. The van der Waals surface area contributed by atoms with Crippen molar-refractivity contribution in [3.63, 3.8) is 0 Å². The van der Waals surface area contributed by atoms with Gasteiger partial charge in [0.25, 0.3) is 0 Å². The molecule has 0 radical (unpaired) electrons. The molecule has 1 heterocycles. The average molecular weight is 264 g/mol. The predicted molar refractivity (Wildman–Crippen MR) is 64.1 cm³/mol. The van der Waals surface area contributed by atoms with Crippen molar-refractivity contribution < 1.29 is 18.3 Å². The molecule has 0 saturated carbocycles. The number of carbonyl (C=O) groups is 1. The summed E-state index contributed by atoms with van der Waals surface area (Å²) in [5.41, 5.74) is 5.38. The number of hydrogen-bond donors (Lipinski definition) is 3. The van der Waals surface area contributed by atoms with Crippen LogP contribution in [0.2, 0.25) is 0 Å². The zero-order chi connectivity index (χ0) is 13.6. The molecule has 0 spiro atoms. The molecule has 1 fully saturated rings. The van der Waals surface area contributed by atoms with E-state index in [1.54, 1.807) is 27.7 Å². The topological polar surface area (TPSA) is 109 Å². The van der Waals surface area contributed by atoms with Crippen molar-refractivity contribution in [1.82, 2.24) is 5.32 Å². The summed E-state index contributed by atoms with van der Waals surface area (Å²) >= 11 is 0. The Morgan fingerprint density at radius 3 is 2.12 bits per heavy atom. The molecule has 1 rings (SSSR count). The molecule has 1 saturated heterocycles. The van der Waals surface area contributed by atoms with E-state index in [9.17, 15) is 13.2 Å². The molecule has 17 heavy (non-hydrogen) atoms. The van der Waals surface area contributed by atoms with Gasteiger partial charge in [-0.1, -0.05) is 0 Å². The second-order valence-electron chi connectivity index (χ2n) is 5.44. The highest BCUT2D eigenvalue weighted by atomic mass is 32.2. The van der Waals surface area contributed by atoms with Crippen LogP contribution in [-0.4, -0.2) is 47.6 Å². The second-order valence-corrected chi connectivity index (χ2v) is 8.55. The fourth-order valence-electron chi connectivity index (χ4n) is 2.45. The highest BCUT2D eigenvalue weighted by Crippen LogP contribution is 2.48. The molecule has 0 aromatic carbocycles. The van der Waals surface area contributed by atoms with E-state index in [-0.39, 0.29) is 0 Å². The van der Waals surface area contributed by atoms with Crippen LogP contribution in [0.1, 0.15) is 27.7 Å². The smallest absolute Gasteiger partial charge is 0.239 e. The van der Waals surface area contributed by atoms with Gasteiger partial charge in [-0.15, -0.1) is 0 Å². The maximum absolute atomic E-state index is 12.0. The molecule has 0 aromatic rings. The van der Waals surface area contributed by atoms with Gasteiger partial charge in [-0.3, -0.25) is 4.79 Å². The van der Waals surface area contributed by atoms with E-state index in [1.165, 1.54) is 0 Å². The van der Waals surface area contributed by atoms with Crippen LogP contribution in [0.5, 0.6) is 0 Å². The first kappa shape index (κ1) is 14.4. The van der Waals surface area contributed by atoms with Gasteiger partial charge in [0.1, 0.15) is 6.04 Å². The van der Waals surface area contributed by atoms with Gasteiger partial charge in [0.05, 0.1) is 22.1 Å². The van der Waals surface area contributed by atoms with Crippen LogP contribution in [-0.2, 0) is 14.6 Å². The van der Waals surface area contributed by atoms with Crippen molar-refractivity contribution in [3.8, 4) is 0 Å². The number of nitrogens with two attached hydrogens (primary N) is 1. The first-order chi connectivity index (χ1) is 7.50. The lowest BCUT2D eigenvalue weighted by Gasteiger charge is -2.56. The lowest BCUT2D eigenvalue weighted by molar-refractivity contribution is -0.124. The van der Waals surface area contributed by atoms with Gasteiger partial charge in [0.2, 0.25) is 5.91 Å². The van der Waals surface area contributed by atoms with Gasteiger partial charge in [0.15, 0.2) is 9.84 Å². The number of aliphatic hydroxyl groups is 1.